The molecule has 6 nitrogen and oxygen atoms in total. The Kier molecular flexibility index (Phi) is 4.87. The maximum Gasteiger partial charge on any atom is 0.243 e. The largest absolute Gasteiger partial charge is 0.457 e. The number of ether oxygens (including phenoxy) is 1. The fraction of sp³-hybridized carbons (Fsp3) is 0.167. The fourth-order valence-corrected chi connectivity index (χ4v) is 3.97. The van der Waals surface area contributed by atoms with Crippen molar-refractivity contribution in [3.8, 4) is 11.5 Å². The summed E-state index contributed by atoms with van der Waals surface area (Å²) in [7, 11) is -3.57. The average Bonchev–Trinajstić information content (AvgIpc) is 2.58. The number of carbonyl (C=O) groups is 1. The highest BCUT2D eigenvalue weighted by Crippen LogP contribution is 2.26. The number of nitrogens with zero attached hydrogens (tertiary/aromatic N) is 1. The van der Waals surface area contributed by atoms with Gasteiger partial charge in [-0.05, 0) is 42.5 Å². The first kappa shape index (κ1) is 17.2. The van der Waals surface area contributed by atoms with Gasteiger partial charge in [-0.25, -0.2) is 8.42 Å². The first-order valence-corrected chi connectivity index (χ1v) is 9.19. The number of nitrogens with one attached hydrogen (secondary N) is 1. The SMILES string of the molecule is C=CC(=O)NC1CN(S(=O)(=O)c2ccc(Oc3ccccc3)cc2)C1. The molecule has 7 heteroatoms. The van der Waals surface area contributed by atoms with Crippen LogP contribution < -0.4 is 10.1 Å². The van der Waals surface area contributed by atoms with Crippen LogP contribution in [0, 0.1) is 0 Å². The summed E-state index contributed by atoms with van der Waals surface area (Å²) in [6.45, 7) is 3.88. The quantitative estimate of drug-likeness (QED) is 0.803. The molecule has 1 aliphatic heterocycles. The zero-order valence-electron chi connectivity index (χ0n) is 13.5. The van der Waals surface area contributed by atoms with Gasteiger partial charge >= 0.3 is 0 Å². The van der Waals surface area contributed by atoms with E-state index in [0.717, 1.165) is 0 Å². The second-order valence-corrected chi connectivity index (χ2v) is 7.56. The summed E-state index contributed by atoms with van der Waals surface area (Å²) in [6, 6.07) is 15.4. The van der Waals surface area contributed by atoms with Crippen LogP contribution in [0.15, 0.2) is 72.1 Å². The smallest absolute Gasteiger partial charge is 0.243 e. The Bertz CT molecular complexity index is 858. The van der Waals surface area contributed by atoms with E-state index in [1.165, 1.54) is 22.5 Å². The normalized spacial score (nSPS) is 15.2. The van der Waals surface area contributed by atoms with Gasteiger partial charge in [0.15, 0.2) is 0 Å². The van der Waals surface area contributed by atoms with E-state index in [0.29, 0.717) is 11.5 Å². The molecule has 1 amide bonds. The van der Waals surface area contributed by atoms with Gasteiger partial charge in [-0.15, -0.1) is 0 Å². The molecule has 0 atom stereocenters. The first-order valence-electron chi connectivity index (χ1n) is 7.75. The van der Waals surface area contributed by atoms with Crippen LogP contribution in [-0.4, -0.2) is 37.8 Å². The van der Waals surface area contributed by atoms with Crippen LogP contribution in [-0.2, 0) is 14.8 Å². The lowest BCUT2D eigenvalue weighted by molar-refractivity contribution is -0.117. The van der Waals surface area contributed by atoms with Gasteiger partial charge in [-0.2, -0.15) is 4.31 Å². The average molecular weight is 358 g/mol. The van der Waals surface area contributed by atoms with E-state index in [9.17, 15) is 13.2 Å². The van der Waals surface area contributed by atoms with Crippen LogP contribution in [0.3, 0.4) is 0 Å². The van der Waals surface area contributed by atoms with Crippen molar-refractivity contribution in [3.63, 3.8) is 0 Å². The number of rotatable bonds is 6. The molecule has 0 aromatic heterocycles. The van der Waals surface area contributed by atoms with Crippen molar-refractivity contribution in [2.24, 2.45) is 0 Å². The van der Waals surface area contributed by atoms with Crippen molar-refractivity contribution in [2.75, 3.05) is 13.1 Å². The molecule has 1 fully saturated rings. The molecule has 3 rings (SSSR count). The molecule has 1 heterocycles. The third-order valence-electron chi connectivity index (χ3n) is 3.82. The number of carbonyl (C=O) groups excluding carboxylic acids is 1. The van der Waals surface area contributed by atoms with Gasteiger partial charge in [0.2, 0.25) is 15.9 Å². The van der Waals surface area contributed by atoms with Crippen molar-refractivity contribution in [3.05, 3.63) is 67.3 Å². The van der Waals surface area contributed by atoms with E-state index in [1.807, 2.05) is 30.3 Å². The Morgan fingerprint density at radius 3 is 2.28 bits per heavy atom. The van der Waals surface area contributed by atoms with Gasteiger partial charge in [-0.1, -0.05) is 24.8 Å². The molecular formula is C18H18N2O4S. The number of amides is 1. The van der Waals surface area contributed by atoms with Crippen molar-refractivity contribution in [2.45, 2.75) is 10.9 Å². The minimum Gasteiger partial charge on any atom is -0.457 e. The Morgan fingerprint density at radius 2 is 1.68 bits per heavy atom. The highest BCUT2D eigenvalue weighted by molar-refractivity contribution is 7.89. The molecule has 1 aliphatic rings. The fourth-order valence-electron chi connectivity index (χ4n) is 2.44. The van der Waals surface area contributed by atoms with Gasteiger partial charge in [0, 0.05) is 13.1 Å². The van der Waals surface area contributed by atoms with Gasteiger partial charge in [0.1, 0.15) is 11.5 Å². The van der Waals surface area contributed by atoms with Crippen molar-refractivity contribution in [1.82, 2.24) is 9.62 Å². The zero-order valence-corrected chi connectivity index (χ0v) is 14.3. The molecule has 0 saturated carbocycles. The van der Waals surface area contributed by atoms with Crippen LogP contribution in [0.5, 0.6) is 11.5 Å². The zero-order chi connectivity index (χ0) is 17.9. The Morgan fingerprint density at radius 1 is 1.08 bits per heavy atom. The summed E-state index contributed by atoms with van der Waals surface area (Å²) in [5, 5.41) is 2.67. The molecule has 2 aromatic rings. The topological polar surface area (TPSA) is 75.7 Å². The number of hydrogen-bond donors (Lipinski definition) is 1. The van der Waals surface area contributed by atoms with Crippen LogP contribution in [0.1, 0.15) is 0 Å². The van der Waals surface area contributed by atoms with Crippen LogP contribution >= 0.6 is 0 Å². The third kappa shape index (κ3) is 3.89. The van der Waals surface area contributed by atoms with Crippen molar-refractivity contribution in [1.29, 1.82) is 0 Å². The number of para-hydroxylation sites is 1. The molecule has 0 unspecified atom stereocenters. The monoisotopic (exact) mass is 358 g/mol. The van der Waals surface area contributed by atoms with E-state index in [2.05, 4.69) is 11.9 Å². The molecule has 1 N–H and O–H groups in total. The summed E-state index contributed by atoms with van der Waals surface area (Å²) >= 11 is 0. The standard InChI is InChI=1S/C18H18N2O4S/c1-2-18(21)19-14-12-20(13-14)25(22,23)17-10-8-16(9-11-17)24-15-6-4-3-5-7-15/h2-11,14H,1,12-13H2,(H,19,21). The second kappa shape index (κ2) is 7.08. The third-order valence-corrected chi connectivity index (χ3v) is 5.67. The van der Waals surface area contributed by atoms with Gasteiger partial charge < -0.3 is 10.1 Å². The van der Waals surface area contributed by atoms with E-state index >= 15 is 0 Å². The molecule has 0 spiro atoms. The molecule has 0 aliphatic carbocycles. The molecule has 0 bridgehead atoms. The molecule has 1 saturated heterocycles. The number of sulfonamides is 1. The summed E-state index contributed by atoms with van der Waals surface area (Å²) < 4.78 is 32.1. The summed E-state index contributed by atoms with van der Waals surface area (Å²) in [5.74, 6) is 0.941. The lowest BCUT2D eigenvalue weighted by atomic mass is 10.2. The molecule has 25 heavy (non-hydrogen) atoms. The molecule has 0 radical (unpaired) electrons. The summed E-state index contributed by atoms with van der Waals surface area (Å²) in [5.41, 5.74) is 0. The van der Waals surface area contributed by atoms with Crippen LogP contribution in [0.4, 0.5) is 0 Å². The summed E-state index contributed by atoms with van der Waals surface area (Å²) in [4.78, 5) is 11.4. The predicted octanol–water partition coefficient (Wildman–Crippen LogP) is 2.15. The first-order chi connectivity index (χ1) is 12.0. The van der Waals surface area contributed by atoms with E-state index < -0.39 is 10.0 Å². The summed E-state index contributed by atoms with van der Waals surface area (Å²) in [6.07, 6.45) is 1.17. The minimum absolute atomic E-state index is 0.180. The van der Waals surface area contributed by atoms with Gasteiger partial charge in [-0.3, -0.25) is 4.79 Å². The Labute approximate surface area is 146 Å². The van der Waals surface area contributed by atoms with Crippen LogP contribution in [0.2, 0.25) is 0 Å². The van der Waals surface area contributed by atoms with Crippen LogP contribution in [0.25, 0.3) is 0 Å². The van der Waals surface area contributed by atoms with Gasteiger partial charge in [0.05, 0.1) is 10.9 Å². The lowest BCUT2D eigenvalue weighted by Crippen LogP contribution is -2.60. The number of hydrogen-bond acceptors (Lipinski definition) is 4. The van der Waals surface area contributed by atoms with E-state index in [1.54, 1.807) is 12.1 Å². The van der Waals surface area contributed by atoms with E-state index in [-0.39, 0.29) is 29.9 Å². The van der Waals surface area contributed by atoms with Crippen molar-refractivity contribution >= 4 is 15.9 Å². The van der Waals surface area contributed by atoms with Crippen molar-refractivity contribution < 1.29 is 17.9 Å². The van der Waals surface area contributed by atoms with Gasteiger partial charge in [0.25, 0.3) is 0 Å². The minimum atomic E-state index is -3.57. The predicted molar refractivity (Wildman–Crippen MR) is 93.8 cm³/mol. The molecule has 2 aromatic carbocycles. The lowest BCUT2D eigenvalue weighted by Gasteiger charge is -2.38. The maximum absolute atomic E-state index is 12.5. The molecule has 130 valence electrons. The molecular weight excluding hydrogens is 340 g/mol. The maximum atomic E-state index is 12.5. The Balaban J connectivity index is 1.63. The Hall–Kier alpha value is -2.64. The van der Waals surface area contributed by atoms with E-state index in [4.69, 9.17) is 4.74 Å². The second-order valence-electron chi connectivity index (χ2n) is 5.62. The number of benzene rings is 2. The highest BCUT2D eigenvalue weighted by Gasteiger charge is 2.37. The highest BCUT2D eigenvalue weighted by atomic mass is 32.2.